The van der Waals surface area contributed by atoms with Crippen LogP contribution in [0.5, 0.6) is 0 Å². The quantitative estimate of drug-likeness (QED) is 0.0879. The molecule has 0 unspecified atom stereocenters. The van der Waals surface area contributed by atoms with Crippen molar-refractivity contribution in [1.29, 1.82) is 0 Å². The van der Waals surface area contributed by atoms with Gasteiger partial charge in [0, 0.05) is 50.1 Å². The molecule has 20 aromatic carbocycles. The molecule has 3 aliphatic carbocycles. The molecular formula is C132H89N9. The molecule has 0 N–H and O–H groups in total. The van der Waals surface area contributed by atoms with Gasteiger partial charge in [-0.3, -0.25) is 0 Å². The van der Waals surface area contributed by atoms with Crippen molar-refractivity contribution in [2.75, 3.05) is 0 Å². The third kappa shape index (κ3) is 17.7. The molecule has 26 rings (SSSR count). The van der Waals surface area contributed by atoms with Crippen molar-refractivity contribution in [3.8, 4) is 225 Å². The maximum atomic E-state index is 5.02. The van der Waals surface area contributed by atoms with Crippen LogP contribution in [0, 0.1) is 0 Å². The van der Waals surface area contributed by atoms with Gasteiger partial charge in [-0.1, -0.05) is 443 Å². The van der Waals surface area contributed by atoms with Gasteiger partial charge < -0.3 is 0 Å². The predicted octanol–water partition coefficient (Wildman–Crippen LogP) is 32.7. The van der Waals surface area contributed by atoms with E-state index in [1.165, 1.54) is 139 Å². The number of hydrogen-bond acceptors (Lipinski definition) is 9. The van der Waals surface area contributed by atoms with E-state index in [0.29, 0.717) is 52.4 Å². The van der Waals surface area contributed by atoms with Crippen LogP contribution in [0.2, 0.25) is 0 Å². The molecule has 9 nitrogen and oxygen atoms in total. The van der Waals surface area contributed by atoms with E-state index in [9.17, 15) is 0 Å². The Bertz CT molecular complexity index is 8380. The van der Waals surface area contributed by atoms with Gasteiger partial charge in [0.2, 0.25) is 0 Å². The van der Waals surface area contributed by atoms with Gasteiger partial charge in [-0.05, 0) is 236 Å². The summed E-state index contributed by atoms with van der Waals surface area (Å²) in [5.74, 6) is 5.93. The minimum Gasteiger partial charge on any atom is -0.208 e. The Balaban J connectivity index is 0.000000115. The van der Waals surface area contributed by atoms with Gasteiger partial charge in [-0.2, -0.15) is 0 Å². The minimum absolute atomic E-state index is 0.654. The van der Waals surface area contributed by atoms with E-state index >= 15 is 0 Å². The van der Waals surface area contributed by atoms with Gasteiger partial charge in [-0.25, -0.2) is 44.9 Å². The number of aromatic nitrogens is 9. The lowest BCUT2D eigenvalue weighted by Crippen LogP contribution is -2.00. The van der Waals surface area contributed by atoms with E-state index in [-0.39, 0.29) is 0 Å². The summed E-state index contributed by atoms with van der Waals surface area (Å²) in [6.07, 6.45) is 2.71. The molecule has 3 aliphatic rings. The van der Waals surface area contributed by atoms with E-state index in [0.717, 1.165) is 86.0 Å². The second kappa shape index (κ2) is 38.3. The molecule has 0 atom stereocenters. The van der Waals surface area contributed by atoms with Crippen molar-refractivity contribution in [3.05, 3.63) is 537 Å². The van der Waals surface area contributed by atoms with Crippen molar-refractivity contribution in [1.82, 2.24) is 44.9 Å². The van der Waals surface area contributed by atoms with E-state index < -0.39 is 0 Å². The van der Waals surface area contributed by atoms with E-state index in [1.54, 1.807) is 0 Å². The summed E-state index contributed by atoms with van der Waals surface area (Å²) in [7, 11) is 0. The molecule has 3 aromatic heterocycles. The molecule has 662 valence electrons. The molecule has 23 aromatic rings. The molecule has 141 heavy (non-hydrogen) atoms. The highest BCUT2D eigenvalue weighted by Gasteiger charge is 2.29. The molecule has 0 saturated carbocycles. The summed E-state index contributed by atoms with van der Waals surface area (Å²) in [5, 5.41) is 0. The Hall–Kier alpha value is -18.6. The van der Waals surface area contributed by atoms with Crippen LogP contribution in [-0.2, 0) is 19.3 Å². The lowest BCUT2D eigenvalue weighted by Gasteiger charge is -2.15. The van der Waals surface area contributed by atoms with Gasteiger partial charge in [-0.15, -0.1) is 0 Å². The molecule has 9 heteroatoms. The number of nitrogens with zero attached hydrogens (tertiary/aromatic N) is 9. The number of benzene rings is 20. The normalized spacial score (nSPS) is 11.6. The zero-order valence-corrected chi connectivity index (χ0v) is 77.1. The Morgan fingerprint density at radius 3 is 0.560 bits per heavy atom. The van der Waals surface area contributed by atoms with Gasteiger partial charge in [0.1, 0.15) is 0 Å². The molecular weight excluding hydrogens is 1710 g/mol. The average Bonchev–Trinajstić information content (AvgIpc) is 1.39. The van der Waals surface area contributed by atoms with E-state index in [4.69, 9.17) is 44.9 Å². The highest BCUT2D eigenvalue weighted by molar-refractivity contribution is 5.95. The van der Waals surface area contributed by atoms with Crippen LogP contribution in [0.25, 0.3) is 225 Å². The van der Waals surface area contributed by atoms with Crippen LogP contribution in [0.1, 0.15) is 33.4 Å². The third-order valence-corrected chi connectivity index (χ3v) is 26.9. The fourth-order valence-electron chi connectivity index (χ4n) is 19.9. The lowest BCUT2D eigenvalue weighted by molar-refractivity contribution is 1.07. The summed E-state index contributed by atoms with van der Waals surface area (Å²) in [6, 6.07) is 177. The second-order valence-corrected chi connectivity index (χ2v) is 35.8. The first-order chi connectivity index (χ1) is 69.8. The zero-order chi connectivity index (χ0) is 93.7. The molecule has 0 radical (unpaired) electrons. The van der Waals surface area contributed by atoms with Gasteiger partial charge in [0.15, 0.2) is 52.4 Å². The Morgan fingerprint density at radius 2 is 0.277 bits per heavy atom. The third-order valence-electron chi connectivity index (χ3n) is 26.9. The minimum atomic E-state index is 0.654. The van der Waals surface area contributed by atoms with Crippen molar-refractivity contribution in [3.63, 3.8) is 0 Å². The smallest absolute Gasteiger partial charge is 0.164 e. The lowest BCUT2D eigenvalue weighted by atomic mass is 9.90. The Kier molecular flexibility index (Phi) is 23.2. The van der Waals surface area contributed by atoms with Gasteiger partial charge >= 0.3 is 0 Å². The summed E-state index contributed by atoms with van der Waals surface area (Å²) >= 11 is 0. The average molecular weight is 1800 g/mol. The van der Waals surface area contributed by atoms with E-state index in [1.807, 2.05) is 182 Å². The van der Waals surface area contributed by atoms with Crippen LogP contribution in [0.3, 0.4) is 0 Å². The summed E-state index contributed by atoms with van der Waals surface area (Å²) in [4.78, 5) is 44.7. The van der Waals surface area contributed by atoms with Crippen LogP contribution >= 0.6 is 0 Å². The molecule has 0 spiro atoms. The molecule has 0 bridgehead atoms. The highest BCUT2D eigenvalue weighted by Crippen LogP contribution is 2.50. The zero-order valence-electron chi connectivity index (χ0n) is 77.1. The van der Waals surface area contributed by atoms with E-state index in [2.05, 4.69) is 322 Å². The predicted molar refractivity (Wildman–Crippen MR) is 577 cm³/mol. The standard InChI is InChI=1S/2C46H31N3.C40H27N3/c1-5-14-31(15-6-1)35-24-25-37-28-42-41(29-39(30-43(42)40(37)27-35)32-16-7-2-8-17-32)36-22-13-23-38(26-36)46-48-44(33-18-9-3-10-19-33)47-45(49-46)34-20-11-4-12-21-34;1-4-13-31(14-5-1)32-23-25-33(26-24-32)39-29-41(43-28-37-19-10-11-22-40(37)42(43)30-39)36-20-12-21-38(27-36)46-48-44(34-15-6-2-7-16-34)47-45(49-46)35-17-8-3-9-18-35;1-4-13-27(14-5-1)33-25-35(37-24-31-19-10-11-22-34(31)36(37)26-33)30-20-12-21-32(23-30)40-42-38(28-15-6-2-7-16-28)41-39(43-40)29-17-8-3-9-18-29/h2*1-27,29-30H,28H2;1-23,25-26H,24H2. The molecule has 3 heterocycles. The Morgan fingerprint density at radius 1 is 0.0993 bits per heavy atom. The fraction of sp³-hybridized carbons (Fsp3) is 0.0227. The van der Waals surface area contributed by atoms with Gasteiger partial charge in [0.05, 0.1) is 0 Å². The number of hydrogen-bond donors (Lipinski definition) is 0. The van der Waals surface area contributed by atoms with Crippen molar-refractivity contribution < 1.29 is 0 Å². The highest BCUT2D eigenvalue weighted by atomic mass is 15.1. The summed E-state index contributed by atoms with van der Waals surface area (Å²) < 4.78 is 0. The van der Waals surface area contributed by atoms with Gasteiger partial charge in [0.25, 0.3) is 0 Å². The maximum absolute atomic E-state index is 5.02. The first-order valence-electron chi connectivity index (χ1n) is 47.9. The van der Waals surface area contributed by atoms with Crippen LogP contribution in [0.4, 0.5) is 0 Å². The number of fused-ring (bicyclic) bond motifs is 9. The first kappa shape index (κ1) is 85.4. The molecule has 0 saturated heterocycles. The summed E-state index contributed by atoms with van der Waals surface area (Å²) in [6.45, 7) is 0. The molecule has 0 aliphatic heterocycles. The topological polar surface area (TPSA) is 116 Å². The monoisotopic (exact) mass is 1800 g/mol. The molecule has 0 amide bonds. The van der Waals surface area contributed by atoms with Crippen molar-refractivity contribution >= 4 is 0 Å². The van der Waals surface area contributed by atoms with Crippen LogP contribution in [-0.4, -0.2) is 44.9 Å². The van der Waals surface area contributed by atoms with Crippen LogP contribution in [0.15, 0.2) is 504 Å². The first-order valence-corrected chi connectivity index (χ1v) is 47.9. The SMILES string of the molecule is c1ccc(-c2cc(-c3cccc(-c4nc(-c5ccccc5)nc(-c5ccccc5)n4)c3)c3c(c2)-c2ccccc2C3)cc1.c1ccc(-c2ccc(-c3cc(-c4cccc(-c5nc(-c6ccccc6)nc(-c6ccccc6)n5)c4)c4c(c3)-c3ccccc3C4)cc2)cc1.c1ccc(-c2ccc3c(c2)-c2cc(-c4ccccc4)cc(-c4cccc(-c5nc(-c6ccccc6)nc(-c6ccccc6)n5)c4)c2C3)cc1. The van der Waals surface area contributed by atoms with Crippen molar-refractivity contribution in [2.45, 2.75) is 19.3 Å². The summed E-state index contributed by atoms with van der Waals surface area (Å²) in [5.41, 5.74) is 44.0. The number of rotatable bonds is 17. The fourth-order valence-corrected chi connectivity index (χ4v) is 19.9. The molecule has 0 fully saturated rings. The van der Waals surface area contributed by atoms with Crippen LogP contribution < -0.4 is 0 Å². The van der Waals surface area contributed by atoms with Crippen molar-refractivity contribution in [2.24, 2.45) is 0 Å². The largest absolute Gasteiger partial charge is 0.208 e. The maximum Gasteiger partial charge on any atom is 0.164 e. The Labute approximate surface area is 820 Å². The second-order valence-electron chi connectivity index (χ2n) is 35.8.